The van der Waals surface area contributed by atoms with E-state index in [4.69, 9.17) is 9.05 Å². The van der Waals surface area contributed by atoms with Gasteiger partial charge in [0.15, 0.2) is 0 Å². The summed E-state index contributed by atoms with van der Waals surface area (Å²) >= 11 is 0. The second kappa shape index (κ2) is 13.1. The Balaban J connectivity index is 2.13. The van der Waals surface area contributed by atoms with E-state index < -0.39 is 38.0 Å². The van der Waals surface area contributed by atoms with Crippen LogP contribution in [0.15, 0.2) is 53.4 Å². The third-order valence-electron chi connectivity index (χ3n) is 5.89. The van der Waals surface area contributed by atoms with Crippen molar-refractivity contribution in [3.05, 3.63) is 65.2 Å². The van der Waals surface area contributed by atoms with Crippen molar-refractivity contribution in [2.45, 2.75) is 68.9 Å². The molecule has 0 aliphatic carbocycles. The number of rotatable bonds is 14. The standard InChI is InChI=1S/C24H33F3NO7PS2/c1-5-20(22-12-14-23(15-13-22)37(30,31)28-38(32,33)24(25,26)27)16-18(4)21-10-8-19(9-11-21)17-36(29,34-6-2)35-7-3/h8-15,18,20,28H,5-7,16-17H2,1-4H3. The van der Waals surface area contributed by atoms with Gasteiger partial charge in [-0.25, -0.2) is 16.8 Å². The smallest absolute Gasteiger partial charge is 0.309 e. The average Bonchev–Trinajstić information content (AvgIpc) is 2.82. The molecule has 14 heteroatoms. The fourth-order valence-corrected chi connectivity index (χ4v) is 8.07. The second-order valence-electron chi connectivity index (χ2n) is 8.69. The quantitative estimate of drug-likeness (QED) is 0.255. The van der Waals surface area contributed by atoms with Crippen molar-refractivity contribution in [1.29, 1.82) is 0 Å². The van der Waals surface area contributed by atoms with Crippen molar-refractivity contribution in [2.24, 2.45) is 0 Å². The van der Waals surface area contributed by atoms with Crippen molar-refractivity contribution < 1.29 is 43.6 Å². The molecule has 0 amide bonds. The molecule has 2 aromatic rings. The van der Waals surface area contributed by atoms with Crippen LogP contribution in [0.25, 0.3) is 0 Å². The average molecular weight is 600 g/mol. The highest BCUT2D eigenvalue weighted by molar-refractivity contribution is 8.05. The van der Waals surface area contributed by atoms with Crippen molar-refractivity contribution in [1.82, 2.24) is 4.13 Å². The molecule has 8 nitrogen and oxygen atoms in total. The Labute approximate surface area is 222 Å². The molecule has 2 unspecified atom stereocenters. The van der Waals surface area contributed by atoms with E-state index >= 15 is 0 Å². The molecule has 2 rings (SSSR count). The van der Waals surface area contributed by atoms with Gasteiger partial charge < -0.3 is 9.05 Å². The Bertz CT molecular complexity index is 1300. The van der Waals surface area contributed by atoms with Gasteiger partial charge in [0, 0.05) is 0 Å². The van der Waals surface area contributed by atoms with E-state index in [1.807, 2.05) is 38.1 Å². The molecule has 0 aromatic heterocycles. The molecule has 0 spiro atoms. The molecule has 0 saturated heterocycles. The summed E-state index contributed by atoms with van der Waals surface area (Å²) < 4.78 is 109. The zero-order valence-electron chi connectivity index (χ0n) is 21.6. The lowest BCUT2D eigenvalue weighted by Crippen LogP contribution is -2.40. The van der Waals surface area contributed by atoms with Crippen LogP contribution < -0.4 is 4.13 Å². The summed E-state index contributed by atoms with van der Waals surface area (Å²) in [6.07, 6.45) is 1.56. The van der Waals surface area contributed by atoms with Crippen LogP contribution in [0.5, 0.6) is 0 Å². The van der Waals surface area contributed by atoms with Gasteiger partial charge in [-0.1, -0.05) is 54.4 Å². The summed E-state index contributed by atoms with van der Waals surface area (Å²) in [5.74, 6) is 0.103. The molecular formula is C24H33F3NO7PS2. The first-order valence-electron chi connectivity index (χ1n) is 12.0. The van der Waals surface area contributed by atoms with E-state index in [1.54, 1.807) is 13.8 Å². The molecule has 0 radical (unpaired) electrons. The van der Waals surface area contributed by atoms with Crippen LogP contribution in [0.4, 0.5) is 13.2 Å². The van der Waals surface area contributed by atoms with Crippen molar-refractivity contribution in [3.63, 3.8) is 0 Å². The maximum Gasteiger partial charge on any atom is 0.512 e. The summed E-state index contributed by atoms with van der Waals surface area (Å²) in [6, 6.07) is 12.7. The number of alkyl halides is 3. The van der Waals surface area contributed by atoms with Crippen LogP contribution in [0.1, 0.15) is 69.1 Å². The topological polar surface area (TPSA) is 116 Å². The number of halogens is 3. The highest BCUT2D eigenvalue weighted by Crippen LogP contribution is 2.51. The molecule has 0 bridgehead atoms. The third-order valence-corrected chi connectivity index (χ3v) is 11.2. The number of hydrogen-bond acceptors (Lipinski definition) is 7. The summed E-state index contributed by atoms with van der Waals surface area (Å²) in [5.41, 5.74) is -3.14. The van der Waals surface area contributed by atoms with E-state index in [2.05, 4.69) is 0 Å². The predicted octanol–water partition coefficient (Wildman–Crippen LogP) is 6.27. The zero-order valence-corrected chi connectivity index (χ0v) is 24.1. The highest BCUT2D eigenvalue weighted by atomic mass is 32.3. The lowest BCUT2D eigenvalue weighted by molar-refractivity contribution is -0.0441. The SMILES string of the molecule is CCOP(=O)(Cc1ccc(C(C)CC(CC)c2ccc(S(=O)(=O)NS(=O)(=O)C(F)(F)F)cc2)cc1)OCC. The maximum atomic E-state index is 12.8. The molecule has 214 valence electrons. The Morgan fingerprint density at radius 1 is 0.868 bits per heavy atom. The van der Waals surface area contributed by atoms with Gasteiger partial charge in [-0.15, -0.1) is 0 Å². The minimum Gasteiger partial charge on any atom is -0.309 e. The zero-order chi connectivity index (χ0) is 28.8. The van der Waals surface area contributed by atoms with Gasteiger partial charge in [-0.05, 0) is 67.3 Å². The van der Waals surface area contributed by atoms with Gasteiger partial charge in [0.2, 0.25) is 0 Å². The van der Waals surface area contributed by atoms with E-state index in [9.17, 15) is 34.6 Å². The Kier molecular flexibility index (Phi) is 11.2. The minimum absolute atomic E-state index is 0.00410. The molecule has 2 atom stereocenters. The van der Waals surface area contributed by atoms with Crippen LogP contribution in [0, 0.1) is 0 Å². The van der Waals surface area contributed by atoms with Crippen LogP contribution in [0.2, 0.25) is 0 Å². The first-order chi connectivity index (χ1) is 17.6. The molecule has 38 heavy (non-hydrogen) atoms. The van der Waals surface area contributed by atoms with Crippen LogP contribution in [0.3, 0.4) is 0 Å². The number of sulfonamides is 2. The van der Waals surface area contributed by atoms with E-state index in [0.29, 0.717) is 12.8 Å². The highest BCUT2D eigenvalue weighted by Gasteiger charge is 2.48. The third kappa shape index (κ3) is 8.62. The van der Waals surface area contributed by atoms with E-state index in [-0.39, 0.29) is 31.2 Å². The van der Waals surface area contributed by atoms with Gasteiger partial charge in [-0.3, -0.25) is 4.57 Å². The fraction of sp³-hybridized carbons (Fsp3) is 0.500. The molecule has 0 heterocycles. The van der Waals surface area contributed by atoms with Crippen molar-refractivity contribution in [3.8, 4) is 0 Å². The Hall–Kier alpha value is -1.76. The van der Waals surface area contributed by atoms with E-state index in [1.165, 1.54) is 12.1 Å². The maximum absolute atomic E-state index is 12.8. The Morgan fingerprint density at radius 2 is 1.37 bits per heavy atom. The van der Waals surface area contributed by atoms with Gasteiger partial charge in [-0.2, -0.15) is 13.2 Å². The van der Waals surface area contributed by atoms with Gasteiger partial charge in [0.05, 0.1) is 24.3 Å². The van der Waals surface area contributed by atoms with Gasteiger partial charge >= 0.3 is 23.1 Å². The van der Waals surface area contributed by atoms with Crippen LogP contribution in [-0.2, 0) is 39.8 Å². The first kappa shape index (κ1) is 32.5. The van der Waals surface area contributed by atoms with Gasteiger partial charge in [0.1, 0.15) is 0 Å². The summed E-state index contributed by atoms with van der Waals surface area (Å²) in [6.45, 7) is 8.06. The predicted molar refractivity (Wildman–Crippen MR) is 139 cm³/mol. The normalized spacial score (nSPS) is 14.8. The monoisotopic (exact) mass is 599 g/mol. The molecule has 0 aliphatic rings. The molecule has 0 saturated carbocycles. The lowest BCUT2D eigenvalue weighted by atomic mass is 9.84. The second-order valence-corrected chi connectivity index (χ2v) is 14.4. The van der Waals surface area contributed by atoms with Crippen LogP contribution >= 0.6 is 7.60 Å². The molecule has 1 N–H and O–H groups in total. The van der Waals surface area contributed by atoms with E-state index in [0.717, 1.165) is 33.0 Å². The largest absolute Gasteiger partial charge is 0.512 e. The van der Waals surface area contributed by atoms with Crippen molar-refractivity contribution in [2.75, 3.05) is 13.2 Å². The summed E-state index contributed by atoms with van der Waals surface area (Å²) in [4.78, 5) is -0.594. The summed E-state index contributed by atoms with van der Waals surface area (Å²) in [7, 11) is -14.2. The Morgan fingerprint density at radius 3 is 1.82 bits per heavy atom. The molecule has 0 fully saturated rings. The molecular weight excluding hydrogens is 566 g/mol. The molecule has 0 aliphatic heterocycles. The number of nitrogens with one attached hydrogen (secondary N) is 1. The number of hydrogen-bond donors (Lipinski definition) is 1. The molecule has 2 aromatic carbocycles. The number of benzene rings is 2. The summed E-state index contributed by atoms with van der Waals surface area (Å²) in [5, 5.41) is 0. The fourth-order valence-electron chi connectivity index (χ4n) is 3.96. The lowest BCUT2D eigenvalue weighted by Gasteiger charge is -2.21. The van der Waals surface area contributed by atoms with Crippen molar-refractivity contribution >= 4 is 27.6 Å². The van der Waals surface area contributed by atoms with Crippen LogP contribution in [-0.4, -0.2) is 35.6 Å². The van der Waals surface area contributed by atoms with Gasteiger partial charge in [0.25, 0.3) is 10.0 Å². The minimum atomic E-state index is -6.07. The first-order valence-corrected chi connectivity index (χ1v) is 16.7.